The first-order valence-corrected chi connectivity index (χ1v) is 6.74. The third-order valence-corrected chi connectivity index (χ3v) is 4.00. The van der Waals surface area contributed by atoms with E-state index in [-0.39, 0.29) is 5.91 Å². The quantitative estimate of drug-likeness (QED) is 0.823. The normalized spacial score (nSPS) is 18.4. The number of carbonyl (C=O) groups is 1. The molecular weight excluding hydrogens is 302 g/mol. The van der Waals surface area contributed by atoms with Crippen molar-refractivity contribution in [1.29, 1.82) is 0 Å². The smallest absolute Gasteiger partial charge is 0.224 e. The second kappa shape index (κ2) is 5.69. The van der Waals surface area contributed by atoms with Crippen molar-refractivity contribution < 1.29 is 4.79 Å². The number of allylic oxidation sites excluding steroid dienone is 2. The van der Waals surface area contributed by atoms with Gasteiger partial charge in [0, 0.05) is 16.6 Å². The Bertz CT molecular complexity index is 459. The maximum atomic E-state index is 11.8. The largest absolute Gasteiger partial charge is 0.326 e. The Kier molecular flexibility index (Phi) is 4.24. The summed E-state index contributed by atoms with van der Waals surface area (Å²) >= 11 is 9.27. The first-order chi connectivity index (χ1) is 8.15. The molecule has 0 radical (unpaired) electrons. The lowest BCUT2D eigenvalue weighted by Crippen LogP contribution is -2.14. The Hall–Kier alpha value is -0.800. The average Bonchev–Trinajstić information content (AvgIpc) is 2.76. The summed E-state index contributed by atoms with van der Waals surface area (Å²) in [5, 5.41) is 3.46. The van der Waals surface area contributed by atoms with Gasteiger partial charge in [0.2, 0.25) is 5.91 Å². The van der Waals surface area contributed by atoms with Gasteiger partial charge in [-0.2, -0.15) is 0 Å². The summed E-state index contributed by atoms with van der Waals surface area (Å²) in [6.07, 6.45) is 6.96. The molecule has 0 heterocycles. The van der Waals surface area contributed by atoms with E-state index in [1.807, 2.05) is 12.1 Å². The van der Waals surface area contributed by atoms with E-state index in [1.54, 1.807) is 6.07 Å². The summed E-state index contributed by atoms with van der Waals surface area (Å²) in [6, 6.07) is 5.40. The van der Waals surface area contributed by atoms with Crippen molar-refractivity contribution in [3.05, 3.63) is 39.8 Å². The van der Waals surface area contributed by atoms with E-state index < -0.39 is 0 Å². The van der Waals surface area contributed by atoms with Gasteiger partial charge >= 0.3 is 0 Å². The maximum Gasteiger partial charge on any atom is 0.224 e. The topological polar surface area (TPSA) is 29.1 Å². The van der Waals surface area contributed by atoms with Crippen molar-refractivity contribution in [2.24, 2.45) is 5.92 Å². The maximum absolute atomic E-state index is 11.8. The number of amides is 1. The summed E-state index contributed by atoms with van der Waals surface area (Å²) in [4.78, 5) is 11.8. The first-order valence-electron chi connectivity index (χ1n) is 5.57. The van der Waals surface area contributed by atoms with E-state index >= 15 is 0 Å². The average molecular weight is 315 g/mol. The Morgan fingerprint density at radius 2 is 2.35 bits per heavy atom. The van der Waals surface area contributed by atoms with Gasteiger partial charge in [0.15, 0.2) is 0 Å². The molecule has 2 rings (SSSR count). The van der Waals surface area contributed by atoms with Crippen molar-refractivity contribution in [3.8, 4) is 0 Å². The van der Waals surface area contributed by atoms with Crippen LogP contribution in [0.1, 0.15) is 19.3 Å². The number of hydrogen-bond donors (Lipinski definition) is 1. The number of halogens is 2. The summed E-state index contributed by atoms with van der Waals surface area (Å²) in [7, 11) is 0. The summed E-state index contributed by atoms with van der Waals surface area (Å²) in [5.74, 6) is 0.431. The molecule has 1 unspecified atom stereocenters. The standard InChI is InChI=1S/C13H13BrClNO/c14-11-6-5-10(8-12(11)15)16-13(17)7-9-3-1-2-4-9/h1,3,5-6,8-9H,2,4,7H2,(H,16,17). The zero-order valence-electron chi connectivity index (χ0n) is 9.25. The Morgan fingerprint density at radius 3 is 3.00 bits per heavy atom. The molecule has 17 heavy (non-hydrogen) atoms. The number of nitrogens with one attached hydrogen (secondary N) is 1. The minimum Gasteiger partial charge on any atom is -0.326 e. The van der Waals surface area contributed by atoms with Gasteiger partial charge in [0.1, 0.15) is 0 Å². The van der Waals surface area contributed by atoms with Crippen LogP contribution in [0, 0.1) is 5.92 Å². The number of carbonyl (C=O) groups excluding carboxylic acids is 1. The predicted molar refractivity (Wildman–Crippen MR) is 74.3 cm³/mol. The summed E-state index contributed by atoms with van der Waals surface area (Å²) in [6.45, 7) is 0. The zero-order valence-corrected chi connectivity index (χ0v) is 11.6. The molecule has 0 saturated heterocycles. The highest BCUT2D eigenvalue weighted by atomic mass is 79.9. The molecule has 0 fully saturated rings. The molecule has 1 aliphatic rings. The molecule has 4 heteroatoms. The highest BCUT2D eigenvalue weighted by molar-refractivity contribution is 9.10. The minimum absolute atomic E-state index is 0.0416. The van der Waals surface area contributed by atoms with Crippen LogP contribution in [0.25, 0.3) is 0 Å². The highest BCUT2D eigenvalue weighted by Gasteiger charge is 2.14. The van der Waals surface area contributed by atoms with E-state index in [1.165, 1.54) is 0 Å². The SMILES string of the molecule is O=C(CC1C=CCC1)Nc1ccc(Br)c(Cl)c1. The molecule has 1 aromatic carbocycles. The fourth-order valence-electron chi connectivity index (χ4n) is 1.89. The molecule has 1 aliphatic carbocycles. The summed E-state index contributed by atoms with van der Waals surface area (Å²) in [5.41, 5.74) is 0.741. The van der Waals surface area contributed by atoms with Crippen LogP contribution >= 0.6 is 27.5 Å². The van der Waals surface area contributed by atoms with Gasteiger partial charge in [-0.05, 0) is 52.9 Å². The third kappa shape index (κ3) is 3.58. The number of hydrogen-bond acceptors (Lipinski definition) is 1. The van der Waals surface area contributed by atoms with Crippen molar-refractivity contribution in [3.63, 3.8) is 0 Å². The van der Waals surface area contributed by atoms with Crippen LogP contribution in [0.3, 0.4) is 0 Å². The van der Waals surface area contributed by atoms with Gasteiger partial charge in [-0.15, -0.1) is 0 Å². The lowest BCUT2D eigenvalue weighted by atomic mass is 10.1. The monoisotopic (exact) mass is 313 g/mol. The van der Waals surface area contributed by atoms with Gasteiger partial charge in [-0.3, -0.25) is 4.79 Å². The van der Waals surface area contributed by atoms with Crippen molar-refractivity contribution >= 4 is 39.1 Å². The molecule has 0 saturated carbocycles. The molecule has 2 nitrogen and oxygen atoms in total. The van der Waals surface area contributed by atoms with Crippen LogP contribution in [-0.2, 0) is 4.79 Å². The van der Waals surface area contributed by atoms with Crippen molar-refractivity contribution in [2.75, 3.05) is 5.32 Å². The zero-order chi connectivity index (χ0) is 12.3. The molecule has 0 spiro atoms. The highest BCUT2D eigenvalue weighted by Crippen LogP contribution is 2.26. The molecular formula is C13H13BrClNO. The fourth-order valence-corrected chi connectivity index (χ4v) is 2.32. The minimum atomic E-state index is 0.0416. The predicted octanol–water partition coefficient (Wildman–Crippen LogP) is 4.40. The number of benzene rings is 1. The van der Waals surface area contributed by atoms with Crippen LogP contribution in [0.2, 0.25) is 5.02 Å². The van der Waals surface area contributed by atoms with Gasteiger partial charge in [0.25, 0.3) is 0 Å². The van der Waals surface area contributed by atoms with Gasteiger partial charge in [-0.25, -0.2) is 0 Å². The van der Waals surface area contributed by atoms with E-state index in [0.29, 0.717) is 17.4 Å². The molecule has 0 bridgehead atoms. The first kappa shape index (κ1) is 12.7. The Morgan fingerprint density at radius 1 is 1.53 bits per heavy atom. The van der Waals surface area contributed by atoms with Crippen molar-refractivity contribution in [2.45, 2.75) is 19.3 Å². The lowest BCUT2D eigenvalue weighted by molar-refractivity contribution is -0.116. The number of anilines is 1. The summed E-state index contributed by atoms with van der Waals surface area (Å²) < 4.78 is 0.830. The molecule has 1 amide bonds. The molecule has 90 valence electrons. The van der Waals surface area contributed by atoms with E-state index in [2.05, 4.69) is 33.4 Å². The van der Waals surface area contributed by atoms with Crippen LogP contribution < -0.4 is 5.32 Å². The second-order valence-electron chi connectivity index (χ2n) is 4.15. The van der Waals surface area contributed by atoms with Crippen molar-refractivity contribution in [1.82, 2.24) is 0 Å². The van der Waals surface area contributed by atoms with E-state index in [0.717, 1.165) is 23.0 Å². The van der Waals surface area contributed by atoms with Crippen LogP contribution in [0.5, 0.6) is 0 Å². The molecule has 1 N–H and O–H groups in total. The Labute approximate surface area is 114 Å². The molecule has 0 aromatic heterocycles. The lowest BCUT2D eigenvalue weighted by Gasteiger charge is -2.09. The van der Waals surface area contributed by atoms with Gasteiger partial charge in [-0.1, -0.05) is 23.8 Å². The van der Waals surface area contributed by atoms with E-state index in [9.17, 15) is 4.79 Å². The molecule has 0 aliphatic heterocycles. The second-order valence-corrected chi connectivity index (χ2v) is 5.41. The van der Waals surface area contributed by atoms with Crippen LogP contribution in [-0.4, -0.2) is 5.91 Å². The van der Waals surface area contributed by atoms with E-state index in [4.69, 9.17) is 11.6 Å². The fraction of sp³-hybridized carbons (Fsp3) is 0.308. The van der Waals surface area contributed by atoms with Gasteiger partial charge < -0.3 is 5.32 Å². The van der Waals surface area contributed by atoms with Crippen LogP contribution in [0.15, 0.2) is 34.8 Å². The van der Waals surface area contributed by atoms with Gasteiger partial charge in [0.05, 0.1) is 5.02 Å². The third-order valence-electron chi connectivity index (χ3n) is 2.76. The molecule has 1 atom stereocenters. The Balaban J connectivity index is 1.93. The number of rotatable bonds is 3. The molecule has 1 aromatic rings. The van der Waals surface area contributed by atoms with Crippen LogP contribution in [0.4, 0.5) is 5.69 Å².